The number of rotatable bonds is 7. The van der Waals surface area contributed by atoms with E-state index in [1.54, 1.807) is 28.4 Å². The lowest BCUT2D eigenvalue weighted by Gasteiger charge is -2.44. The van der Waals surface area contributed by atoms with E-state index in [-0.39, 0.29) is 0 Å². The van der Waals surface area contributed by atoms with Gasteiger partial charge in [-0.1, -0.05) is 18.7 Å². The van der Waals surface area contributed by atoms with E-state index >= 15 is 0 Å². The van der Waals surface area contributed by atoms with E-state index in [1.165, 1.54) is 5.57 Å². The van der Waals surface area contributed by atoms with Crippen LogP contribution in [0.4, 0.5) is 0 Å². The summed E-state index contributed by atoms with van der Waals surface area (Å²) in [5.41, 5.74) is 7.57. The quantitative estimate of drug-likeness (QED) is 0.623. The van der Waals surface area contributed by atoms with E-state index in [1.807, 2.05) is 31.2 Å². The number of ether oxygens (including phenoxy) is 4. The minimum Gasteiger partial charge on any atom is -0.493 e. The predicted octanol–water partition coefficient (Wildman–Crippen LogP) is 4.76. The molecule has 0 amide bonds. The Labute approximate surface area is 172 Å². The molecule has 2 aliphatic rings. The Bertz CT molecular complexity index is 952. The van der Waals surface area contributed by atoms with Crippen LogP contribution in [-0.2, 0) is 15.9 Å². The summed E-state index contributed by atoms with van der Waals surface area (Å²) in [5, 5.41) is 9.37. The first-order valence-corrected chi connectivity index (χ1v) is 9.64. The fourth-order valence-corrected chi connectivity index (χ4v) is 4.11. The van der Waals surface area contributed by atoms with Gasteiger partial charge < -0.3 is 18.9 Å². The van der Waals surface area contributed by atoms with Crippen LogP contribution in [0.5, 0.6) is 11.5 Å². The first-order valence-electron chi connectivity index (χ1n) is 9.64. The maximum Gasteiger partial charge on any atom is 0.181 e. The maximum atomic E-state index is 6.18. The van der Waals surface area contributed by atoms with Crippen LogP contribution in [0.2, 0.25) is 0 Å². The van der Waals surface area contributed by atoms with Crippen LogP contribution in [0.3, 0.4) is 0 Å². The van der Waals surface area contributed by atoms with Gasteiger partial charge in [-0.3, -0.25) is 0 Å². The second-order valence-corrected chi connectivity index (χ2v) is 7.19. The first-order chi connectivity index (χ1) is 14.0. The van der Waals surface area contributed by atoms with Crippen LogP contribution in [0, 0.1) is 0 Å². The summed E-state index contributed by atoms with van der Waals surface area (Å²) < 4.78 is 22.8. The highest BCUT2D eigenvalue weighted by atomic mass is 16.5. The van der Waals surface area contributed by atoms with Gasteiger partial charge in [-0.25, -0.2) is 0 Å². The molecule has 3 rings (SSSR count). The Morgan fingerprint density at radius 1 is 1.07 bits per heavy atom. The van der Waals surface area contributed by atoms with Gasteiger partial charge in [-0.2, -0.15) is 10.2 Å². The zero-order chi connectivity index (χ0) is 21.1. The number of allylic oxidation sites excluding steroid dienone is 1. The summed E-state index contributed by atoms with van der Waals surface area (Å²) in [6, 6.07) is 5.85. The summed E-state index contributed by atoms with van der Waals surface area (Å²) in [4.78, 5) is 0. The van der Waals surface area contributed by atoms with Crippen molar-refractivity contribution in [2.24, 2.45) is 10.2 Å². The van der Waals surface area contributed by atoms with Gasteiger partial charge in [0.05, 0.1) is 27.0 Å². The van der Waals surface area contributed by atoms with Gasteiger partial charge in [0, 0.05) is 20.0 Å². The Kier molecular flexibility index (Phi) is 5.99. The third kappa shape index (κ3) is 3.40. The zero-order valence-corrected chi connectivity index (χ0v) is 18.0. The summed E-state index contributed by atoms with van der Waals surface area (Å²) in [5.74, 6) is 1.91. The monoisotopic (exact) mass is 396 g/mol. The molecular weight excluding hydrogens is 368 g/mol. The smallest absolute Gasteiger partial charge is 0.181 e. The predicted molar refractivity (Wildman–Crippen MR) is 110 cm³/mol. The standard InChI is InChI=1S/C23H28N2O4/c1-7-18-15-23(29-6)21(28-5)9-8-12-22(23,25-24-16(18)2)14-17-10-11-19(26-3)20(13-17)27-4/h10-13H,7,14-15H2,1-6H3. The summed E-state index contributed by atoms with van der Waals surface area (Å²) in [6.07, 6.45) is 3.88. The average molecular weight is 396 g/mol. The lowest BCUT2D eigenvalue weighted by atomic mass is 9.69. The van der Waals surface area contributed by atoms with Crippen LogP contribution >= 0.6 is 0 Å². The molecule has 0 spiro atoms. The van der Waals surface area contributed by atoms with Crippen molar-refractivity contribution in [3.05, 3.63) is 58.3 Å². The molecule has 0 saturated heterocycles. The van der Waals surface area contributed by atoms with Gasteiger partial charge in [0.1, 0.15) is 5.54 Å². The Morgan fingerprint density at radius 2 is 1.83 bits per heavy atom. The third-order valence-electron chi connectivity index (χ3n) is 5.82. The first kappa shape index (κ1) is 20.9. The van der Waals surface area contributed by atoms with E-state index in [0.717, 1.165) is 17.7 Å². The Morgan fingerprint density at radius 3 is 2.45 bits per heavy atom. The van der Waals surface area contributed by atoms with E-state index in [9.17, 15) is 0 Å². The molecule has 1 aliphatic heterocycles. The van der Waals surface area contributed by atoms with Crippen LogP contribution in [0.25, 0.3) is 0 Å². The van der Waals surface area contributed by atoms with Gasteiger partial charge in [0.25, 0.3) is 0 Å². The van der Waals surface area contributed by atoms with Gasteiger partial charge in [-0.15, -0.1) is 0 Å². The van der Waals surface area contributed by atoms with Crippen molar-refractivity contribution in [3.8, 4) is 11.5 Å². The molecule has 0 saturated carbocycles. The summed E-state index contributed by atoms with van der Waals surface area (Å²) in [6.45, 7) is 4.10. The molecular formula is C23H28N2O4. The van der Waals surface area contributed by atoms with Gasteiger partial charge >= 0.3 is 0 Å². The van der Waals surface area contributed by atoms with Crippen molar-refractivity contribution in [3.63, 3.8) is 0 Å². The largest absolute Gasteiger partial charge is 0.493 e. The number of nitrogens with zero attached hydrogens (tertiary/aromatic N) is 2. The highest BCUT2D eigenvalue weighted by molar-refractivity contribution is 5.45. The van der Waals surface area contributed by atoms with E-state index in [2.05, 4.69) is 23.5 Å². The second kappa shape index (κ2) is 8.30. The minimum absolute atomic E-state index is 0.524. The summed E-state index contributed by atoms with van der Waals surface area (Å²) in [7, 11) is 6.56. The zero-order valence-electron chi connectivity index (χ0n) is 18.0. The molecule has 154 valence electrons. The maximum absolute atomic E-state index is 6.18. The Hall–Kier alpha value is -2.78. The fraction of sp³-hybridized carbons (Fsp3) is 0.478. The van der Waals surface area contributed by atoms with Crippen molar-refractivity contribution in [2.45, 2.75) is 44.2 Å². The van der Waals surface area contributed by atoms with Crippen LogP contribution in [0.15, 0.2) is 63.0 Å². The van der Waals surface area contributed by atoms with Crippen LogP contribution < -0.4 is 9.47 Å². The Balaban J connectivity index is 2.16. The molecule has 6 heteroatoms. The van der Waals surface area contributed by atoms with Crippen molar-refractivity contribution < 1.29 is 18.9 Å². The minimum atomic E-state index is -0.868. The number of benzene rings is 1. The molecule has 6 nitrogen and oxygen atoms in total. The number of methoxy groups -OCH3 is 4. The molecule has 2 unspecified atom stereocenters. The van der Waals surface area contributed by atoms with E-state index < -0.39 is 11.1 Å². The molecule has 1 heterocycles. The molecule has 1 aliphatic carbocycles. The molecule has 0 fully saturated rings. The normalized spacial score (nSPS) is 25.4. The van der Waals surface area contributed by atoms with Crippen LogP contribution in [-0.4, -0.2) is 39.6 Å². The van der Waals surface area contributed by atoms with Crippen molar-refractivity contribution in [1.29, 1.82) is 0 Å². The average Bonchev–Trinajstić information content (AvgIpc) is 2.88. The van der Waals surface area contributed by atoms with Crippen LogP contribution in [0.1, 0.15) is 32.3 Å². The third-order valence-corrected chi connectivity index (χ3v) is 5.82. The van der Waals surface area contributed by atoms with E-state index in [0.29, 0.717) is 30.1 Å². The molecule has 2 atom stereocenters. The SMILES string of the molecule is CCC1=C(C)N=NC2(Cc3ccc(OC)c(OC)c3)C=C=C=C(OC)C2(OC)C1. The number of hydrogen-bond donors (Lipinski definition) is 0. The molecule has 1 aromatic rings. The highest BCUT2D eigenvalue weighted by Crippen LogP contribution is 2.48. The van der Waals surface area contributed by atoms with E-state index in [4.69, 9.17) is 24.1 Å². The van der Waals surface area contributed by atoms with Gasteiger partial charge in [-0.05, 0) is 48.4 Å². The molecule has 0 aromatic heterocycles. The number of hydrogen-bond acceptors (Lipinski definition) is 6. The lowest BCUT2D eigenvalue weighted by Crippen LogP contribution is -2.56. The molecule has 0 radical (unpaired) electrons. The molecule has 0 bridgehead atoms. The van der Waals surface area contributed by atoms with Crippen molar-refractivity contribution in [1.82, 2.24) is 0 Å². The van der Waals surface area contributed by atoms with Crippen molar-refractivity contribution >= 4 is 0 Å². The topological polar surface area (TPSA) is 61.6 Å². The second-order valence-electron chi connectivity index (χ2n) is 7.19. The molecule has 29 heavy (non-hydrogen) atoms. The van der Waals surface area contributed by atoms with Crippen molar-refractivity contribution in [2.75, 3.05) is 28.4 Å². The summed E-state index contributed by atoms with van der Waals surface area (Å²) >= 11 is 0. The number of azo groups is 1. The fourth-order valence-electron chi connectivity index (χ4n) is 4.11. The molecule has 1 aromatic carbocycles. The highest BCUT2D eigenvalue weighted by Gasteiger charge is 2.57. The van der Waals surface area contributed by atoms with Gasteiger partial charge in [0.2, 0.25) is 0 Å². The molecule has 0 N–H and O–H groups in total. The van der Waals surface area contributed by atoms with Gasteiger partial charge in [0.15, 0.2) is 22.9 Å². The lowest BCUT2D eigenvalue weighted by molar-refractivity contribution is -0.0611. The number of fused-ring (bicyclic) bond motifs is 1.